The highest BCUT2D eigenvalue weighted by molar-refractivity contribution is 7.89. The molecule has 0 aliphatic carbocycles. The summed E-state index contributed by atoms with van der Waals surface area (Å²) < 4.78 is 23.6. The minimum absolute atomic E-state index is 0.0717. The van der Waals surface area contributed by atoms with Crippen molar-refractivity contribution >= 4 is 15.7 Å². The third-order valence-electron chi connectivity index (χ3n) is 2.43. The molecule has 1 aromatic heterocycles. The van der Waals surface area contributed by atoms with Gasteiger partial charge in [0.2, 0.25) is 0 Å². The van der Waals surface area contributed by atoms with Crippen LogP contribution >= 0.6 is 0 Å². The average molecular weight is 283 g/mol. The standard InChI is InChI=1S/C9H9N5O4S/c1-13-8(11-12-9(13)19(10,17)18)6-2-4-7(5-3-6)14(15)16/h2-5H,1H3,(H2,10,17,18). The van der Waals surface area contributed by atoms with E-state index < -0.39 is 14.9 Å². The van der Waals surface area contributed by atoms with Crippen LogP contribution in [-0.4, -0.2) is 28.1 Å². The largest absolute Gasteiger partial charge is 0.300 e. The maximum Gasteiger partial charge on any atom is 0.273 e. The molecule has 2 N–H and O–H groups in total. The number of nitro groups is 1. The number of rotatable bonds is 3. The van der Waals surface area contributed by atoms with Crippen molar-refractivity contribution in [2.45, 2.75) is 5.16 Å². The van der Waals surface area contributed by atoms with Gasteiger partial charge in [0.05, 0.1) is 4.92 Å². The van der Waals surface area contributed by atoms with Crippen LogP contribution in [0, 0.1) is 10.1 Å². The van der Waals surface area contributed by atoms with Crippen LogP contribution in [0.3, 0.4) is 0 Å². The van der Waals surface area contributed by atoms with Gasteiger partial charge in [-0.25, -0.2) is 13.6 Å². The van der Waals surface area contributed by atoms with Crippen LogP contribution in [0.2, 0.25) is 0 Å². The zero-order valence-electron chi connectivity index (χ0n) is 9.72. The molecule has 0 radical (unpaired) electrons. The van der Waals surface area contributed by atoms with E-state index >= 15 is 0 Å². The van der Waals surface area contributed by atoms with Gasteiger partial charge in [-0.15, -0.1) is 10.2 Å². The Hall–Kier alpha value is -2.33. The first-order valence-electron chi connectivity index (χ1n) is 4.97. The minimum atomic E-state index is -3.96. The quantitative estimate of drug-likeness (QED) is 0.624. The molecule has 9 nitrogen and oxygen atoms in total. The lowest BCUT2D eigenvalue weighted by Gasteiger charge is -2.02. The number of non-ortho nitro benzene ring substituents is 1. The maximum atomic E-state index is 11.2. The van der Waals surface area contributed by atoms with Gasteiger partial charge >= 0.3 is 0 Å². The van der Waals surface area contributed by atoms with Crippen molar-refractivity contribution in [1.29, 1.82) is 0 Å². The average Bonchev–Trinajstić information content (AvgIpc) is 2.71. The molecule has 0 aliphatic rings. The predicted molar refractivity (Wildman–Crippen MR) is 64.5 cm³/mol. The number of nitrogens with two attached hydrogens (primary N) is 1. The fourth-order valence-electron chi connectivity index (χ4n) is 1.55. The van der Waals surface area contributed by atoms with E-state index in [9.17, 15) is 18.5 Å². The van der Waals surface area contributed by atoms with E-state index in [0.717, 1.165) is 0 Å². The van der Waals surface area contributed by atoms with E-state index in [2.05, 4.69) is 10.2 Å². The zero-order chi connectivity index (χ0) is 14.2. The van der Waals surface area contributed by atoms with E-state index in [0.29, 0.717) is 5.56 Å². The molecule has 0 spiro atoms. The summed E-state index contributed by atoms with van der Waals surface area (Å²) in [7, 11) is -2.52. The van der Waals surface area contributed by atoms with Crippen LogP contribution in [0.5, 0.6) is 0 Å². The maximum absolute atomic E-state index is 11.2. The molecule has 2 rings (SSSR count). The van der Waals surface area contributed by atoms with Crippen molar-refractivity contribution in [2.75, 3.05) is 0 Å². The van der Waals surface area contributed by atoms with E-state index in [1.807, 2.05) is 0 Å². The van der Waals surface area contributed by atoms with Gasteiger partial charge < -0.3 is 0 Å². The number of aromatic nitrogens is 3. The number of benzene rings is 1. The number of hydrogen-bond acceptors (Lipinski definition) is 6. The molecule has 0 saturated carbocycles. The summed E-state index contributed by atoms with van der Waals surface area (Å²) in [6, 6.07) is 5.49. The molecule has 1 aromatic carbocycles. The first-order chi connectivity index (χ1) is 8.80. The highest BCUT2D eigenvalue weighted by Crippen LogP contribution is 2.21. The molecule has 1 heterocycles. The lowest BCUT2D eigenvalue weighted by Crippen LogP contribution is -2.17. The number of hydrogen-bond donors (Lipinski definition) is 1. The van der Waals surface area contributed by atoms with Gasteiger partial charge in [0.15, 0.2) is 5.82 Å². The van der Waals surface area contributed by atoms with Gasteiger partial charge in [0, 0.05) is 24.7 Å². The number of nitro benzene ring substituents is 1. The highest BCUT2D eigenvalue weighted by atomic mass is 32.2. The normalized spacial score (nSPS) is 11.5. The summed E-state index contributed by atoms with van der Waals surface area (Å²) in [5.74, 6) is 0.249. The summed E-state index contributed by atoms with van der Waals surface area (Å²) in [5, 5.41) is 22.3. The molecule has 0 aliphatic heterocycles. The van der Waals surface area contributed by atoms with E-state index in [1.54, 1.807) is 0 Å². The van der Waals surface area contributed by atoms with E-state index in [4.69, 9.17) is 5.14 Å². The molecule has 0 amide bonds. The van der Waals surface area contributed by atoms with Crippen molar-refractivity contribution in [2.24, 2.45) is 12.2 Å². The second-order valence-corrected chi connectivity index (χ2v) is 5.17. The molecule has 2 aromatic rings. The first-order valence-corrected chi connectivity index (χ1v) is 6.52. The summed E-state index contributed by atoms with van der Waals surface area (Å²) in [4.78, 5) is 10.00. The second-order valence-electron chi connectivity index (χ2n) is 3.71. The van der Waals surface area contributed by atoms with Gasteiger partial charge in [0.1, 0.15) is 0 Å². The van der Waals surface area contributed by atoms with Gasteiger partial charge in [0.25, 0.3) is 20.9 Å². The Labute approximate surface area is 107 Å². The SMILES string of the molecule is Cn1c(-c2ccc([N+](=O)[O-])cc2)nnc1S(N)(=O)=O. The van der Waals surface area contributed by atoms with Crippen molar-refractivity contribution in [1.82, 2.24) is 14.8 Å². The fraction of sp³-hybridized carbons (Fsp3) is 0.111. The summed E-state index contributed by atoms with van der Waals surface area (Å²) in [6.07, 6.45) is 0. The Morgan fingerprint density at radius 2 is 1.84 bits per heavy atom. The lowest BCUT2D eigenvalue weighted by atomic mass is 10.2. The van der Waals surface area contributed by atoms with Crippen molar-refractivity contribution < 1.29 is 13.3 Å². The van der Waals surface area contributed by atoms with Gasteiger partial charge in [-0.3, -0.25) is 14.7 Å². The van der Waals surface area contributed by atoms with Crippen molar-refractivity contribution in [3.8, 4) is 11.4 Å². The van der Waals surface area contributed by atoms with Crippen LogP contribution in [-0.2, 0) is 17.1 Å². The molecule has 0 unspecified atom stereocenters. The van der Waals surface area contributed by atoms with E-state index in [-0.39, 0.29) is 16.7 Å². The molecule has 0 saturated heterocycles. The molecular formula is C9H9N5O4S. The van der Waals surface area contributed by atoms with Crippen LogP contribution in [0.15, 0.2) is 29.4 Å². The van der Waals surface area contributed by atoms with Crippen LogP contribution in [0.25, 0.3) is 11.4 Å². The van der Waals surface area contributed by atoms with Crippen LogP contribution in [0.1, 0.15) is 0 Å². The topological polar surface area (TPSA) is 134 Å². The van der Waals surface area contributed by atoms with E-state index in [1.165, 1.54) is 35.9 Å². The molecular weight excluding hydrogens is 274 g/mol. The first kappa shape index (κ1) is 13.1. The van der Waals surface area contributed by atoms with Crippen molar-refractivity contribution in [3.05, 3.63) is 34.4 Å². The van der Waals surface area contributed by atoms with Gasteiger partial charge in [-0.2, -0.15) is 0 Å². The Kier molecular flexibility index (Phi) is 3.04. The summed E-state index contributed by atoms with van der Waals surface area (Å²) in [6.45, 7) is 0. The zero-order valence-corrected chi connectivity index (χ0v) is 10.5. The van der Waals surface area contributed by atoms with Gasteiger partial charge in [-0.1, -0.05) is 0 Å². The van der Waals surface area contributed by atoms with Crippen molar-refractivity contribution in [3.63, 3.8) is 0 Å². The molecule has 19 heavy (non-hydrogen) atoms. The van der Waals surface area contributed by atoms with Crippen LogP contribution < -0.4 is 5.14 Å². The smallest absolute Gasteiger partial charge is 0.273 e. The molecule has 100 valence electrons. The van der Waals surface area contributed by atoms with Crippen LogP contribution in [0.4, 0.5) is 5.69 Å². The summed E-state index contributed by atoms with van der Waals surface area (Å²) >= 11 is 0. The van der Waals surface area contributed by atoms with Gasteiger partial charge in [-0.05, 0) is 12.1 Å². The Morgan fingerprint density at radius 1 is 1.26 bits per heavy atom. The molecule has 0 bridgehead atoms. The highest BCUT2D eigenvalue weighted by Gasteiger charge is 2.19. The number of sulfonamides is 1. The second kappa shape index (κ2) is 4.40. The lowest BCUT2D eigenvalue weighted by molar-refractivity contribution is -0.384. The third-order valence-corrected chi connectivity index (χ3v) is 3.29. The fourth-order valence-corrected chi connectivity index (χ4v) is 2.17. The Morgan fingerprint density at radius 3 is 2.26 bits per heavy atom. The number of nitrogens with zero attached hydrogens (tertiary/aromatic N) is 4. The molecule has 0 atom stereocenters. The third kappa shape index (κ3) is 2.44. The Bertz CT molecular complexity index is 734. The summed E-state index contributed by atoms with van der Waals surface area (Å²) in [5.41, 5.74) is 0.424. The Balaban J connectivity index is 2.49. The monoisotopic (exact) mass is 283 g/mol. The minimum Gasteiger partial charge on any atom is -0.300 e. The molecule has 10 heteroatoms. The predicted octanol–water partition coefficient (Wildman–Crippen LogP) is 0.0377. The number of primary sulfonamides is 1. The molecule has 0 fully saturated rings.